The lowest BCUT2D eigenvalue weighted by atomic mass is 10.2. The molecule has 3 rings (SSSR count). The summed E-state index contributed by atoms with van der Waals surface area (Å²) in [5.41, 5.74) is 0. The first kappa shape index (κ1) is 16.7. The van der Waals surface area contributed by atoms with E-state index >= 15 is 0 Å². The highest BCUT2D eigenvalue weighted by Crippen LogP contribution is 2.20. The molecule has 1 aromatic heterocycles. The Morgan fingerprint density at radius 2 is 2.17 bits per heavy atom. The van der Waals surface area contributed by atoms with Gasteiger partial charge in [0.2, 0.25) is 0 Å². The summed E-state index contributed by atoms with van der Waals surface area (Å²) in [6.07, 6.45) is 2.50. The van der Waals surface area contributed by atoms with Crippen LogP contribution in [0.4, 0.5) is 4.79 Å². The number of carbonyl (C=O) groups is 1. The number of nitrogens with zero attached hydrogens (tertiary/aromatic N) is 2. The quantitative estimate of drug-likeness (QED) is 0.848. The lowest BCUT2D eigenvalue weighted by molar-refractivity contribution is -0.0594. The molecule has 0 saturated carbocycles. The average molecular weight is 338 g/mol. The van der Waals surface area contributed by atoms with Gasteiger partial charge in [0.1, 0.15) is 0 Å². The first-order valence-electron chi connectivity index (χ1n) is 8.45. The van der Waals surface area contributed by atoms with E-state index in [1.165, 1.54) is 4.88 Å². The van der Waals surface area contributed by atoms with Crippen molar-refractivity contribution in [2.45, 2.75) is 51.5 Å². The molecule has 2 aliphatic rings. The molecule has 128 valence electrons. The van der Waals surface area contributed by atoms with Crippen LogP contribution in [0, 0.1) is 0 Å². The molecule has 0 bridgehead atoms. The molecular formula is C17H26N2O3S. The third-order valence-corrected chi connectivity index (χ3v) is 5.20. The number of rotatable bonds is 4. The van der Waals surface area contributed by atoms with Crippen LogP contribution < -0.4 is 0 Å². The Kier molecular flexibility index (Phi) is 5.56. The van der Waals surface area contributed by atoms with Crippen LogP contribution in [0.2, 0.25) is 0 Å². The zero-order valence-corrected chi connectivity index (χ0v) is 14.8. The van der Waals surface area contributed by atoms with E-state index in [0.29, 0.717) is 26.2 Å². The Morgan fingerprint density at radius 1 is 1.39 bits per heavy atom. The monoisotopic (exact) mass is 338 g/mol. The Balaban J connectivity index is 1.68. The van der Waals surface area contributed by atoms with Gasteiger partial charge >= 0.3 is 6.03 Å². The molecule has 5 nitrogen and oxygen atoms in total. The van der Waals surface area contributed by atoms with E-state index in [1.54, 1.807) is 11.3 Å². The number of urea groups is 1. The smallest absolute Gasteiger partial charge is 0.320 e. The number of hydrogen-bond donors (Lipinski definition) is 0. The Morgan fingerprint density at radius 3 is 2.78 bits per heavy atom. The Bertz CT molecular complexity index is 492. The van der Waals surface area contributed by atoms with E-state index in [0.717, 1.165) is 19.4 Å². The van der Waals surface area contributed by atoms with Crippen molar-refractivity contribution < 1.29 is 14.3 Å². The van der Waals surface area contributed by atoms with Crippen LogP contribution >= 0.6 is 11.3 Å². The van der Waals surface area contributed by atoms with Gasteiger partial charge in [-0.25, -0.2) is 4.79 Å². The van der Waals surface area contributed by atoms with Crippen LogP contribution in [0.1, 0.15) is 31.6 Å². The molecular weight excluding hydrogens is 312 g/mol. The van der Waals surface area contributed by atoms with Gasteiger partial charge in [-0.15, -0.1) is 11.3 Å². The van der Waals surface area contributed by atoms with E-state index in [1.807, 2.05) is 29.7 Å². The Labute approximate surface area is 142 Å². The normalized spacial score (nSPS) is 28.1. The van der Waals surface area contributed by atoms with Crippen LogP contribution in [0.3, 0.4) is 0 Å². The summed E-state index contributed by atoms with van der Waals surface area (Å²) in [6.45, 7) is 7.54. The van der Waals surface area contributed by atoms with Crippen LogP contribution in [-0.2, 0) is 16.0 Å². The molecule has 23 heavy (non-hydrogen) atoms. The molecule has 2 amide bonds. The largest absolute Gasteiger partial charge is 0.376 e. The summed E-state index contributed by atoms with van der Waals surface area (Å²) in [4.78, 5) is 18.1. The Hall–Kier alpha value is -1.11. The van der Waals surface area contributed by atoms with Gasteiger partial charge in [0.25, 0.3) is 0 Å². The second-order valence-corrected chi connectivity index (χ2v) is 7.57. The van der Waals surface area contributed by atoms with Gasteiger partial charge < -0.3 is 19.3 Å². The molecule has 0 aromatic carbocycles. The van der Waals surface area contributed by atoms with Crippen LogP contribution in [0.5, 0.6) is 0 Å². The molecule has 0 unspecified atom stereocenters. The molecule has 2 saturated heterocycles. The van der Waals surface area contributed by atoms with Crippen molar-refractivity contribution in [2.24, 2.45) is 0 Å². The zero-order chi connectivity index (χ0) is 16.2. The molecule has 2 fully saturated rings. The summed E-state index contributed by atoms with van der Waals surface area (Å²) < 4.78 is 11.5. The molecule has 0 radical (unpaired) electrons. The number of hydrogen-bond acceptors (Lipinski definition) is 4. The SMILES string of the molecule is C[C@@H]1CN(C(=O)N(Cc2cccs2)C[C@H]2CCCO2)C[C@H](C)O1. The average Bonchev–Trinajstić information content (AvgIpc) is 3.18. The predicted octanol–water partition coefficient (Wildman–Crippen LogP) is 2.96. The standard InChI is InChI=1S/C17H26N2O3S/c1-13-9-18(10-14(2)22-13)17(20)19(11-15-5-3-7-21-15)12-16-6-4-8-23-16/h4,6,8,13-15H,3,5,7,9-12H2,1-2H3/t13-,14+,15-/m1/s1. The summed E-state index contributed by atoms with van der Waals surface area (Å²) in [7, 11) is 0. The van der Waals surface area contributed by atoms with Crippen molar-refractivity contribution in [3.8, 4) is 0 Å². The summed E-state index contributed by atoms with van der Waals surface area (Å²) in [5, 5.41) is 2.06. The van der Waals surface area contributed by atoms with Gasteiger partial charge in [-0.05, 0) is 38.1 Å². The second kappa shape index (κ2) is 7.64. The van der Waals surface area contributed by atoms with E-state index < -0.39 is 0 Å². The minimum absolute atomic E-state index is 0.0917. The number of morpholine rings is 1. The van der Waals surface area contributed by atoms with Crippen LogP contribution in [-0.4, -0.2) is 60.4 Å². The zero-order valence-electron chi connectivity index (χ0n) is 13.9. The van der Waals surface area contributed by atoms with Gasteiger partial charge in [0.15, 0.2) is 0 Å². The molecule has 0 spiro atoms. The van der Waals surface area contributed by atoms with Crippen molar-refractivity contribution in [1.82, 2.24) is 9.80 Å². The van der Waals surface area contributed by atoms with Crippen molar-refractivity contribution in [1.29, 1.82) is 0 Å². The van der Waals surface area contributed by atoms with E-state index in [4.69, 9.17) is 9.47 Å². The van der Waals surface area contributed by atoms with Crippen molar-refractivity contribution >= 4 is 17.4 Å². The lowest BCUT2D eigenvalue weighted by Crippen LogP contribution is -2.53. The molecule has 0 aliphatic carbocycles. The molecule has 3 atom stereocenters. The maximum atomic E-state index is 13.0. The summed E-state index contributed by atoms with van der Waals surface area (Å²) in [6, 6.07) is 4.23. The second-order valence-electron chi connectivity index (χ2n) is 6.54. The van der Waals surface area contributed by atoms with Crippen molar-refractivity contribution in [3.63, 3.8) is 0 Å². The third-order valence-electron chi connectivity index (χ3n) is 4.34. The summed E-state index contributed by atoms with van der Waals surface area (Å²) >= 11 is 1.70. The maximum Gasteiger partial charge on any atom is 0.320 e. The third kappa shape index (κ3) is 4.46. The first-order valence-corrected chi connectivity index (χ1v) is 9.33. The van der Waals surface area contributed by atoms with Gasteiger partial charge in [-0.2, -0.15) is 0 Å². The highest BCUT2D eigenvalue weighted by Gasteiger charge is 2.31. The number of ether oxygens (including phenoxy) is 2. The van der Waals surface area contributed by atoms with Crippen LogP contribution in [0.15, 0.2) is 17.5 Å². The first-order chi connectivity index (χ1) is 11.1. The predicted molar refractivity (Wildman–Crippen MR) is 90.7 cm³/mol. The molecule has 1 aromatic rings. The fourth-order valence-electron chi connectivity index (χ4n) is 3.37. The van der Waals surface area contributed by atoms with Gasteiger partial charge in [0.05, 0.1) is 24.9 Å². The molecule has 0 N–H and O–H groups in total. The van der Waals surface area contributed by atoms with Crippen molar-refractivity contribution in [3.05, 3.63) is 22.4 Å². The van der Waals surface area contributed by atoms with Gasteiger partial charge in [-0.3, -0.25) is 0 Å². The number of carbonyl (C=O) groups excluding carboxylic acids is 1. The van der Waals surface area contributed by atoms with Gasteiger partial charge in [-0.1, -0.05) is 6.07 Å². The highest BCUT2D eigenvalue weighted by molar-refractivity contribution is 7.09. The molecule has 2 aliphatic heterocycles. The fourth-order valence-corrected chi connectivity index (χ4v) is 4.09. The van der Waals surface area contributed by atoms with Crippen LogP contribution in [0.25, 0.3) is 0 Å². The fraction of sp³-hybridized carbons (Fsp3) is 0.706. The van der Waals surface area contributed by atoms with Crippen molar-refractivity contribution in [2.75, 3.05) is 26.2 Å². The maximum absolute atomic E-state index is 13.0. The molecule has 3 heterocycles. The number of thiophene rings is 1. The minimum Gasteiger partial charge on any atom is -0.376 e. The molecule has 6 heteroatoms. The topological polar surface area (TPSA) is 42.0 Å². The van der Waals surface area contributed by atoms with E-state index in [-0.39, 0.29) is 24.3 Å². The van der Waals surface area contributed by atoms with E-state index in [9.17, 15) is 4.79 Å². The van der Waals surface area contributed by atoms with E-state index in [2.05, 4.69) is 11.4 Å². The lowest BCUT2D eigenvalue weighted by Gasteiger charge is -2.38. The minimum atomic E-state index is 0.0917. The highest BCUT2D eigenvalue weighted by atomic mass is 32.1. The number of amides is 2. The summed E-state index contributed by atoms with van der Waals surface area (Å²) in [5.74, 6) is 0. The van der Waals surface area contributed by atoms with Gasteiger partial charge in [0, 0.05) is 31.1 Å².